The highest BCUT2D eigenvalue weighted by Gasteiger charge is 2.31. The van der Waals surface area contributed by atoms with Crippen molar-refractivity contribution in [2.75, 3.05) is 6.54 Å². The first-order valence-corrected chi connectivity index (χ1v) is 13.6. The number of aliphatic hydroxyl groups excluding tert-OH is 1. The quantitative estimate of drug-likeness (QED) is 0.0490. The molecule has 0 bridgehead atoms. The minimum atomic E-state index is -1.31. The topological polar surface area (TPSA) is 280 Å². The summed E-state index contributed by atoms with van der Waals surface area (Å²) in [5, 5.41) is 28.1. The van der Waals surface area contributed by atoms with Gasteiger partial charge in [0.1, 0.15) is 24.2 Å². The fraction of sp³-hybridized carbons (Fsp3) is 0.407. The third kappa shape index (κ3) is 9.54. The molecule has 2 aromatic heterocycles. The first-order valence-electron chi connectivity index (χ1n) is 13.6. The largest absolute Gasteiger partial charge is 0.480 e. The molecule has 5 unspecified atom stereocenters. The van der Waals surface area contributed by atoms with E-state index >= 15 is 0 Å². The fourth-order valence-electron chi connectivity index (χ4n) is 4.35. The zero-order chi connectivity index (χ0) is 31.5. The van der Waals surface area contributed by atoms with Gasteiger partial charge in [-0.2, -0.15) is 0 Å². The Kier molecular flexibility index (Phi) is 11.6. The number of aliphatic hydroxyl groups is 1. The normalized spacial score (nSPS) is 14.6. The van der Waals surface area contributed by atoms with Gasteiger partial charge in [-0.05, 0) is 31.4 Å². The Morgan fingerprint density at radius 1 is 0.977 bits per heavy atom. The SMILES string of the molecule is CC(O)C(N)C(=O)NC(CCCN=C(N)N)C(=O)NC(Cc1cnc[nH]1)C(=O)NC(Cc1c[nH]c2ccccc12)C(=O)O. The predicted molar refractivity (Wildman–Crippen MR) is 157 cm³/mol. The van der Waals surface area contributed by atoms with Crippen molar-refractivity contribution in [1.29, 1.82) is 0 Å². The van der Waals surface area contributed by atoms with E-state index in [9.17, 15) is 29.4 Å². The van der Waals surface area contributed by atoms with Crippen LogP contribution in [-0.2, 0) is 32.0 Å². The van der Waals surface area contributed by atoms with Crippen LogP contribution in [0.15, 0.2) is 48.0 Å². The average Bonchev–Trinajstić information content (AvgIpc) is 3.63. The number of aromatic nitrogens is 3. The van der Waals surface area contributed by atoms with Crippen molar-refractivity contribution in [3.05, 3.63) is 54.2 Å². The molecular formula is C27H38N10O6. The first kappa shape index (κ1) is 32.6. The van der Waals surface area contributed by atoms with Gasteiger partial charge in [0.15, 0.2) is 5.96 Å². The molecule has 0 spiro atoms. The van der Waals surface area contributed by atoms with Crippen LogP contribution < -0.4 is 33.2 Å². The number of aliphatic carboxylic acids is 1. The van der Waals surface area contributed by atoms with Crippen LogP contribution in [0, 0.1) is 0 Å². The predicted octanol–water partition coefficient (Wildman–Crippen LogP) is -2.02. The van der Waals surface area contributed by atoms with Crippen LogP contribution in [-0.4, -0.2) is 91.6 Å². The van der Waals surface area contributed by atoms with Gasteiger partial charge in [-0.25, -0.2) is 9.78 Å². The number of nitrogens with one attached hydrogen (secondary N) is 5. The number of carbonyl (C=O) groups excluding carboxylic acids is 3. The molecule has 0 aliphatic rings. The molecule has 5 atom stereocenters. The number of rotatable bonds is 16. The molecule has 0 saturated heterocycles. The zero-order valence-electron chi connectivity index (χ0n) is 23.6. The second-order valence-electron chi connectivity index (χ2n) is 10.1. The number of amides is 3. The van der Waals surface area contributed by atoms with E-state index in [1.165, 1.54) is 19.4 Å². The van der Waals surface area contributed by atoms with Gasteiger partial charge in [-0.15, -0.1) is 0 Å². The summed E-state index contributed by atoms with van der Waals surface area (Å²) >= 11 is 0. The highest BCUT2D eigenvalue weighted by Crippen LogP contribution is 2.19. The Labute approximate surface area is 246 Å². The molecule has 0 radical (unpaired) electrons. The molecule has 0 fully saturated rings. The molecular weight excluding hydrogens is 560 g/mol. The van der Waals surface area contributed by atoms with Crippen LogP contribution in [0.1, 0.15) is 31.0 Å². The number of hydrogen-bond donors (Lipinski definition) is 10. The standard InChI is InChI=1S/C27H38N10O6/c1-14(38)22(28)25(41)35-19(7-4-8-32-27(29)30)23(39)36-20(10-16-12-31-13-34-16)24(40)37-21(26(42)43)9-15-11-33-18-6-3-2-5-17(15)18/h2-3,5-6,11-14,19-22,33,38H,4,7-10,28H2,1H3,(H,31,34)(H,35,41)(H,36,39)(H,37,40)(H,42,43)(H4,29,30,32). The van der Waals surface area contributed by atoms with Crippen LogP contribution in [0.3, 0.4) is 0 Å². The van der Waals surface area contributed by atoms with Gasteiger partial charge in [-0.3, -0.25) is 19.4 Å². The van der Waals surface area contributed by atoms with E-state index in [0.717, 1.165) is 10.9 Å². The zero-order valence-corrected chi connectivity index (χ0v) is 23.6. The second kappa shape index (κ2) is 15.3. The summed E-state index contributed by atoms with van der Waals surface area (Å²) in [6, 6.07) is 2.31. The summed E-state index contributed by atoms with van der Waals surface area (Å²) in [7, 11) is 0. The van der Waals surface area contributed by atoms with E-state index in [2.05, 4.69) is 35.9 Å². The lowest BCUT2D eigenvalue weighted by Gasteiger charge is -2.25. The summed E-state index contributed by atoms with van der Waals surface area (Å²) in [4.78, 5) is 65.4. The van der Waals surface area contributed by atoms with E-state index in [-0.39, 0.29) is 38.2 Å². The summed E-state index contributed by atoms with van der Waals surface area (Å²) in [5.41, 5.74) is 18.4. The van der Waals surface area contributed by atoms with Crippen molar-refractivity contribution in [3.8, 4) is 0 Å². The van der Waals surface area contributed by atoms with Crippen molar-refractivity contribution >= 4 is 40.6 Å². The molecule has 3 amide bonds. The van der Waals surface area contributed by atoms with Gasteiger partial charge in [0.25, 0.3) is 0 Å². The van der Waals surface area contributed by atoms with Crippen molar-refractivity contribution < 1.29 is 29.4 Å². The van der Waals surface area contributed by atoms with E-state index in [0.29, 0.717) is 11.3 Å². The Balaban J connectivity index is 1.79. The number of nitrogens with zero attached hydrogens (tertiary/aromatic N) is 2. The number of aliphatic imine (C=N–C) groups is 1. The number of aromatic amines is 2. The number of imidazole rings is 1. The molecule has 16 heteroatoms. The number of hydrogen-bond acceptors (Lipinski definition) is 8. The number of H-pyrrole nitrogens is 2. The number of carbonyl (C=O) groups is 4. The number of carboxylic acids is 1. The molecule has 0 aliphatic heterocycles. The van der Waals surface area contributed by atoms with Crippen LogP contribution >= 0.6 is 0 Å². The molecule has 3 rings (SSSR count). The second-order valence-corrected chi connectivity index (χ2v) is 10.1. The molecule has 3 aromatic rings. The maximum Gasteiger partial charge on any atom is 0.326 e. The van der Waals surface area contributed by atoms with Gasteiger partial charge in [0, 0.05) is 48.4 Å². The Hall–Kier alpha value is -4.96. The smallest absolute Gasteiger partial charge is 0.326 e. The number of nitrogens with two attached hydrogens (primary N) is 3. The molecule has 232 valence electrons. The molecule has 2 heterocycles. The van der Waals surface area contributed by atoms with E-state index in [1.54, 1.807) is 6.20 Å². The van der Waals surface area contributed by atoms with Crippen LogP contribution in [0.5, 0.6) is 0 Å². The van der Waals surface area contributed by atoms with E-state index in [1.807, 2.05) is 24.3 Å². The van der Waals surface area contributed by atoms with Gasteiger partial charge in [-0.1, -0.05) is 18.2 Å². The van der Waals surface area contributed by atoms with Gasteiger partial charge in [0.05, 0.1) is 12.4 Å². The molecule has 13 N–H and O–H groups in total. The van der Waals surface area contributed by atoms with Crippen molar-refractivity contribution in [2.45, 2.75) is 62.9 Å². The highest BCUT2D eigenvalue weighted by atomic mass is 16.4. The van der Waals surface area contributed by atoms with Crippen LogP contribution in [0.2, 0.25) is 0 Å². The Bertz CT molecular complexity index is 1420. The van der Waals surface area contributed by atoms with Gasteiger partial charge in [0.2, 0.25) is 17.7 Å². The minimum absolute atomic E-state index is 0.0173. The molecule has 16 nitrogen and oxygen atoms in total. The van der Waals surface area contributed by atoms with E-state index in [4.69, 9.17) is 17.2 Å². The van der Waals surface area contributed by atoms with Crippen molar-refractivity contribution in [3.63, 3.8) is 0 Å². The van der Waals surface area contributed by atoms with Gasteiger partial charge < -0.3 is 53.3 Å². The van der Waals surface area contributed by atoms with Crippen LogP contribution in [0.4, 0.5) is 0 Å². The maximum absolute atomic E-state index is 13.5. The Morgan fingerprint density at radius 2 is 1.65 bits per heavy atom. The summed E-state index contributed by atoms with van der Waals surface area (Å²) in [5.74, 6) is -3.68. The van der Waals surface area contributed by atoms with E-state index < -0.39 is 54.0 Å². The Morgan fingerprint density at radius 3 is 2.30 bits per heavy atom. The lowest BCUT2D eigenvalue weighted by atomic mass is 10.0. The number of para-hydroxylation sites is 1. The third-order valence-corrected chi connectivity index (χ3v) is 6.73. The fourth-order valence-corrected chi connectivity index (χ4v) is 4.35. The monoisotopic (exact) mass is 598 g/mol. The minimum Gasteiger partial charge on any atom is -0.480 e. The summed E-state index contributed by atoms with van der Waals surface area (Å²) < 4.78 is 0. The molecule has 0 aliphatic carbocycles. The number of carboxylic acid groups (broad SMARTS) is 1. The lowest BCUT2D eigenvalue weighted by molar-refractivity contribution is -0.142. The number of benzene rings is 1. The summed E-state index contributed by atoms with van der Waals surface area (Å²) in [6.45, 7) is 1.49. The highest BCUT2D eigenvalue weighted by molar-refractivity contribution is 5.94. The van der Waals surface area contributed by atoms with Crippen LogP contribution in [0.25, 0.3) is 10.9 Å². The van der Waals surface area contributed by atoms with Gasteiger partial charge >= 0.3 is 5.97 Å². The third-order valence-electron chi connectivity index (χ3n) is 6.73. The summed E-state index contributed by atoms with van der Waals surface area (Å²) in [6.07, 6.45) is 3.63. The molecule has 1 aromatic carbocycles. The molecule has 0 saturated carbocycles. The number of fused-ring (bicyclic) bond motifs is 1. The molecule has 43 heavy (non-hydrogen) atoms. The number of guanidine groups is 1. The van der Waals surface area contributed by atoms with Crippen molar-refractivity contribution in [1.82, 2.24) is 30.9 Å². The first-order chi connectivity index (χ1) is 20.5. The maximum atomic E-state index is 13.5. The average molecular weight is 599 g/mol. The van der Waals surface area contributed by atoms with Crippen molar-refractivity contribution in [2.24, 2.45) is 22.2 Å². The lowest BCUT2D eigenvalue weighted by Crippen LogP contribution is -2.58.